The lowest BCUT2D eigenvalue weighted by Gasteiger charge is -2.09. The molecule has 3 rings (SSSR count). The molecule has 1 saturated carbocycles. The fraction of sp³-hybridized carbons (Fsp3) is 0.429. The molecule has 8 heteroatoms. The summed E-state index contributed by atoms with van der Waals surface area (Å²) in [7, 11) is 1.90. The molecule has 0 aromatic carbocycles. The van der Waals surface area contributed by atoms with E-state index in [1.165, 1.54) is 29.7 Å². The van der Waals surface area contributed by atoms with Crippen molar-refractivity contribution in [2.24, 2.45) is 7.05 Å². The first-order valence-corrected chi connectivity index (χ1v) is 8.58. The number of nitrogens with zero attached hydrogens (tertiary/aromatic N) is 2. The summed E-state index contributed by atoms with van der Waals surface area (Å²) in [5.41, 5.74) is 3.13. The van der Waals surface area contributed by atoms with Gasteiger partial charge < -0.3 is 10.6 Å². The van der Waals surface area contributed by atoms with Crippen molar-refractivity contribution < 1.29 is 4.79 Å². The fourth-order valence-electron chi connectivity index (χ4n) is 2.33. The highest BCUT2D eigenvalue weighted by Gasteiger charge is 2.28. The van der Waals surface area contributed by atoms with Crippen LogP contribution in [0.25, 0.3) is 0 Å². The number of aromatic nitrogens is 2. The second-order valence-electron chi connectivity index (χ2n) is 5.33. The molecule has 0 atom stereocenters. The summed E-state index contributed by atoms with van der Waals surface area (Å²) in [5.74, 6) is 0.611. The minimum Gasteiger partial charge on any atom is -0.334 e. The second-order valence-corrected chi connectivity index (χ2v) is 7.62. The standard InChI is InChI=1S/C14H16Cl2N4OS/c1-20-11(10(6-19-20)8-2-3-8)7-18-14(21)17-5-9-4-12(15)22-13(9)16/h4,6,8H,2-3,5,7H2,1H3,(H2,17,18,21). The minimum atomic E-state index is -0.235. The summed E-state index contributed by atoms with van der Waals surface area (Å²) < 4.78 is 3.04. The van der Waals surface area contributed by atoms with E-state index in [4.69, 9.17) is 23.2 Å². The highest BCUT2D eigenvalue weighted by atomic mass is 35.5. The number of hydrogen-bond acceptors (Lipinski definition) is 3. The maximum Gasteiger partial charge on any atom is 0.315 e. The predicted molar refractivity (Wildman–Crippen MR) is 88.6 cm³/mol. The average Bonchev–Trinajstić information content (AvgIpc) is 3.17. The number of aryl methyl sites for hydroxylation is 1. The topological polar surface area (TPSA) is 59.0 Å². The third-order valence-electron chi connectivity index (χ3n) is 3.69. The average molecular weight is 359 g/mol. The van der Waals surface area contributed by atoms with Crippen molar-refractivity contribution >= 4 is 40.6 Å². The Bertz CT molecular complexity index is 693. The highest BCUT2D eigenvalue weighted by molar-refractivity contribution is 7.20. The number of hydrogen-bond donors (Lipinski definition) is 2. The third-order valence-corrected chi connectivity index (χ3v) is 5.26. The maximum atomic E-state index is 11.9. The quantitative estimate of drug-likeness (QED) is 0.856. The van der Waals surface area contributed by atoms with Crippen molar-refractivity contribution in [3.05, 3.63) is 37.8 Å². The summed E-state index contributed by atoms with van der Waals surface area (Å²) in [6, 6.07) is 1.53. The number of thiophene rings is 1. The van der Waals surface area contributed by atoms with E-state index in [1.807, 2.05) is 17.9 Å². The van der Waals surface area contributed by atoms with E-state index in [2.05, 4.69) is 15.7 Å². The van der Waals surface area contributed by atoms with E-state index >= 15 is 0 Å². The molecule has 0 aliphatic heterocycles. The molecular weight excluding hydrogens is 343 g/mol. The Morgan fingerprint density at radius 1 is 1.41 bits per heavy atom. The zero-order valence-electron chi connectivity index (χ0n) is 12.0. The Kier molecular flexibility index (Phi) is 4.61. The Morgan fingerprint density at radius 2 is 2.14 bits per heavy atom. The van der Waals surface area contributed by atoms with E-state index in [0.29, 0.717) is 27.7 Å². The Balaban J connectivity index is 1.52. The lowest BCUT2D eigenvalue weighted by atomic mass is 10.1. The highest BCUT2D eigenvalue weighted by Crippen LogP contribution is 2.41. The SMILES string of the molecule is Cn1ncc(C2CC2)c1CNC(=O)NCc1cc(Cl)sc1Cl. The van der Waals surface area contributed by atoms with Gasteiger partial charge >= 0.3 is 6.03 Å². The van der Waals surface area contributed by atoms with Gasteiger partial charge in [0.1, 0.15) is 0 Å². The fourth-order valence-corrected chi connectivity index (χ4v) is 3.82. The molecule has 22 heavy (non-hydrogen) atoms. The summed E-state index contributed by atoms with van der Waals surface area (Å²) >= 11 is 13.2. The van der Waals surface area contributed by atoms with Gasteiger partial charge in [0.15, 0.2) is 0 Å². The molecule has 1 aliphatic rings. The third kappa shape index (κ3) is 3.56. The van der Waals surface area contributed by atoms with Crippen LogP contribution in [0.2, 0.25) is 8.67 Å². The van der Waals surface area contributed by atoms with Gasteiger partial charge in [-0.2, -0.15) is 5.10 Å². The molecule has 118 valence electrons. The van der Waals surface area contributed by atoms with Gasteiger partial charge in [-0.1, -0.05) is 23.2 Å². The first-order chi connectivity index (χ1) is 10.5. The van der Waals surface area contributed by atoms with Crippen molar-refractivity contribution in [1.29, 1.82) is 0 Å². The van der Waals surface area contributed by atoms with Crippen LogP contribution in [-0.2, 0) is 20.1 Å². The van der Waals surface area contributed by atoms with Crippen molar-refractivity contribution in [3.8, 4) is 0 Å². The van der Waals surface area contributed by atoms with Crippen molar-refractivity contribution in [2.75, 3.05) is 0 Å². The molecular formula is C14H16Cl2N4OS. The Labute approximate surface area is 142 Å². The predicted octanol–water partition coefficient (Wildman–Crippen LogP) is 3.67. The van der Waals surface area contributed by atoms with Crippen LogP contribution < -0.4 is 10.6 Å². The van der Waals surface area contributed by atoms with Crippen LogP contribution in [0.15, 0.2) is 12.3 Å². The first-order valence-electron chi connectivity index (χ1n) is 7.00. The molecule has 2 aromatic rings. The molecule has 2 aromatic heterocycles. The molecule has 0 radical (unpaired) electrons. The maximum absolute atomic E-state index is 11.9. The zero-order chi connectivity index (χ0) is 15.7. The van der Waals surface area contributed by atoms with Gasteiger partial charge in [0, 0.05) is 19.2 Å². The van der Waals surface area contributed by atoms with E-state index in [-0.39, 0.29) is 6.03 Å². The van der Waals surface area contributed by atoms with Crippen LogP contribution in [0, 0.1) is 0 Å². The first kappa shape index (κ1) is 15.6. The number of rotatable bonds is 5. The van der Waals surface area contributed by atoms with E-state index in [0.717, 1.165) is 11.3 Å². The summed E-state index contributed by atoms with van der Waals surface area (Å²) in [5, 5.41) is 9.92. The number of amides is 2. The number of nitrogens with one attached hydrogen (secondary N) is 2. The van der Waals surface area contributed by atoms with E-state index in [9.17, 15) is 4.79 Å². The number of carbonyl (C=O) groups is 1. The lowest BCUT2D eigenvalue weighted by Crippen LogP contribution is -2.35. The zero-order valence-corrected chi connectivity index (χ0v) is 14.4. The molecule has 0 bridgehead atoms. The van der Waals surface area contributed by atoms with Crippen LogP contribution in [0.4, 0.5) is 4.79 Å². The molecule has 1 aliphatic carbocycles. The van der Waals surface area contributed by atoms with Crippen molar-refractivity contribution in [1.82, 2.24) is 20.4 Å². The van der Waals surface area contributed by atoms with Gasteiger partial charge in [-0.25, -0.2) is 4.79 Å². The Hall–Kier alpha value is -1.24. The minimum absolute atomic E-state index is 0.235. The molecule has 0 saturated heterocycles. The number of carbonyl (C=O) groups excluding carboxylic acids is 1. The lowest BCUT2D eigenvalue weighted by molar-refractivity contribution is 0.240. The van der Waals surface area contributed by atoms with Crippen LogP contribution >= 0.6 is 34.5 Å². The van der Waals surface area contributed by atoms with Crippen LogP contribution in [0.5, 0.6) is 0 Å². The van der Waals surface area contributed by atoms with Gasteiger partial charge in [0.05, 0.1) is 27.1 Å². The van der Waals surface area contributed by atoms with Crippen LogP contribution in [0.3, 0.4) is 0 Å². The second kappa shape index (κ2) is 6.48. The van der Waals surface area contributed by atoms with E-state index < -0.39 is 0 Å². The summed E-state index contributed by atoms with van der Waals surface area (Å²) in [6.07, 6.45) is 4.32. The molecule has 1 fully saturated rings. The van der Waals surface area contributed by atoms with Crippen LogP contribution in [0.1, 0.15) is 35.6 Å². The smallest absolute Gasteiger partial charge is 0.315 e. The molecule has 2 N–H and O–H groups in total. The van der Waals surface area contributed by atoms with Crippen LogP contribution in [-0.4, -0.2) is 15.8 Å². The molecule has 5 nitrogen and oxygen atoms in total. The van der Waals surface area contributed by atoms with Crippen molar-refractivity contribution in [2.45, 2.75) is 31.8 Å². The van der Waals surface area contributed by atoms with Gasteiger partial charge in [0.25, 0.3) is 0 Å². The molecule has 0 spiro atoms. The van der Waals surface area contributed by atoms with E-state index in [1.54, 1.807) is 6.07 Å². The number of urea groups is 1. The summed E-state index contributed by atoms with van der Waals surface area (Å²) in [6.45, 7) is 0.820. The molecule has 2 amide bonds. The Morgan fingerprint density at radius 3 is 2.77 bits per heavy atom. The van der Waals surface area contributed by atoms with Crippen molar-refractivity contribution in [3.63, 3.8) is 0 Å². The largest absolute Gasteiger partial charge is 0.334 e. The molecule has 2 heterocycles. The molecule has 0 unspecified atom stereocenters. The van der Waals surface area contributed by atoms with Gasteiger partial charge in [-0.15, -0.1) is 11.3 Å². The monoisotopic (exact) mass is 358 g/mol. The normalized spacial score (nSPS) is 14.1. The summed E-state index contributed by atoms with van der Waals surface area (Å²) in [4.78, 5) is 11.9. The van der Waals surface area contributed by atoms with Gasteiger partial charge in [0.2, 0.25) is 0 Å². The van der Waals surface area contributed by atoms with Gasteiger partial charge in [-0.05, 0) is 30.4 Å². The number of halogens is 2. The van der Waals surface area contributed by atoms with Gasteiger partial charge in [-0.3, -0.25) is 4.68 Å².